The first-order valence-electron chi connectivity index (χ1n) is 10.5. The lowest BCUT2D eigenvalue weighted by Gasteiger charge is -2.42. The Morgan fingerprint density at radius 3 is 2.71 bits per heavy atom. The molecule has 1 fully saturated rings. The molecule has 3 aromatic heterocycles. The maximum Gasteiger partial charge on any atom is 0.335 e. The molecule has 3 heterocycles. The van der Waals surface area contributed by atoms with E-state index < -0.39 is 31.0 Å². The van der Waals surface area contributed by atoms with Crippen molar-refractivity contribution in [1.82, 2.24) is 19.5 Å². The van der Waals surface area contributed by atoms with Crippen molar-refractivity contribution in [2.45, 2.75) is 44.8 Å². The van der Waals surface area contributed by atoms with Gasteiger partial charge < -0.3 is 19.0 Å². The number of anilines is 1. The van der Waals surface area contributed by atoms with E-state index in [1.807, 2.05) is 37.5 Å². The van der Waals surface area contributed by atoms with Crippen molar-refractivity contribution in [3.8, 4) is 11.4 Å². The van der Waals surface area contributed by atoms with E-state index in [1.165, 1.54) is 5.69 Å². The summed E-state index contributed by atoms with van der Waals surface area (Å²) in [6.45, 7) is 3.33. The van der Waals surface area contributed by atoms with Crippen molar-refractivity contribution < 1.29 is 31.6 Å². The first kappa shape index (κ1) is 24.3. The van der Waals surface area contributed by atoms with E-state index in [4.69, 9.17) is 9.26 Å². The van der Waals surface area contributed by atoms with Gasteiger partial charge in [-0.1, -0.05) is 23.4 Å². The molecule has 0 radical (unpaired) electrons. The number of aromatic nitrogens is 4. The van der Waals surface area contributed by atoms with Gasteiger partial charge in [0, 0.05) is 29.3 Å². The molecule has 0 saturated heterocycles. The topological polar surface area (TPSA) is 94.5 Å². The molecule has 1 aromatic carbocycles. The molecule has 5 rings (SSSR count). The number of carbonyl (C=O) groups excluding carboxylic acids is 1. The van der Waals surface area contributed by atoms with Gasteiger partial charge in [0.15, 0.2) is 0 Å². The number of nitrogens with zero attached hydrogens (tertiary/aromatic N) is 4. The number of amides is 1. The average Bonchev–Trinajstić information content (AvgIpc) is 3.46. The maximum absolute atomic E-state index is 13.1. The molecule has 1 atom stereocenters. The molecular formula is C23H21F4N5O3. The molecule has 0 bridgehead atoms. The maximum atomic E-state index is 13.1. The second-order valence-corrected chi connectivity index (χ2v) is 7.96. The normalized spacial score (nSPS) is 17.8. The van der Waals surface area contributed by atoms with E-state index in [2.05, 4.69) is 24.8 Å². The molecule has 35 heavy (non-hydrogen) atoms. The molecule has 0 spiro atoms. The van der Waals surface area contributed by atoms with Gasteiger partial charge in [-0.2, -0.15) is 22.5 Å². The molecule has 8 nitrogen and oxygen atoms in total. The fourth-order valence-corrected chi connectivity index (χ4v) is 3.41. The van der Waals surface area contributed by atoms with Crippen LogP contribution in [0.25, 0.3) is 17.0 Å². The number of hydrogen-bond acceptors (Lipinski definition) is 6. The van der Waals surface area contributed by atoms with Crippen LogP contribution in [0.3, 0.4) is 0 Å². The number of carbonyl (C=O) groups is 1. The summed E-state index contributed by atoms with van der Waals surface area (Å²) in [4.78, 5) is 18.7. The van der Waals surface area contributed by atoms with Crippen LogP contribution < -0.4 is 5.32 Å². The first-order chi connectivity index (χ1) is 16.6. The van der Waals surface area contributed by atoms with Crippen LogP contribution in [-0.2, 0) is 16.1 Å². The van der Waals surface area contributed by atoms with Gasteiger partial charge in [-0.15, -0.1) is 0 Å². The zero-order valence-corrected chi connectivity index (χ0v) is 18.7. The second-order valence-electron chi connectivity index (χ2n) is 7.96. The van der Waals surface area contributed by atoms with Gasteiger partial charge in [0.1, 0.15) is 18.4 Å². The second kappa shape index (κ2) is 9.45. The standard InChI is InChI=1S/C15H13F4N3O3.C8H8N2/c1-8-2-3-9(4-10(8)20-7-23)13-21-12(25-22-13)6-24-11-5-14(16,17)15(11,18)19;1-7-6-9-8-4-2-3-5-10(7)8/h2-4,7,11H,5-6H2,1H3,(H,20,23);2-6H,1H3. The summed E-state index contributed by atoms with van der Waals surface area (Å²) in [5, 5.41) is 6.21. The number of hydrogen-bond donors (Lipinski definition) is 1. The largest absolute Gasteiger partial charge is 0.362 e. The minimum absolute atomic E-state index is 0.119. The highest BCUT2D eigenvalue weighted by atomic mass is 19.3. The average molecular weight is 491 g/mol. The number of ether oxygens (including phenoxy) is 1. The summed E-state index contributed by atoms with van der Waals surface area (Å²) < 4.78 is 63.4. The molecule has 1 N–H and O–H groups in total. The lowest BCUT2D eigenvalue weighted by molar-refractivity contribution is -0.343. The summed E-state index contributed by atoms with van der Waals surface area (Å²) in [5.41, 5.74) is 4.07. The van der Waals surface area contributed by atoms with Gasteiger partial charge in [-0.25, -0.2) is 4.98 Å². The number of rotatable bonds is 6. The molecule has 4 aromatic rings. The Morgan fingerprint density at radius 1 is 1.23 bits per heavy atom. The Kier molecular flexibility index (Phi) is 6.57. The van der Waals surface area contributed by atoms with E-state index in [9.17, 15) is 22.4 Å². The van der Waals surface area contributed by atoms with Gasteiger partial charge >= 0.3 is 11.8 Å². The first-order valence-corrected chi connectivity index (χ1v) is 10.5. The van der Waals surface area contributed by atoms with Gasteiger partial charge in [0.05, 0.1) is 6.42 Å². The Bertz CT molecular complexity index is 1340. The van der Waals surface area contributed by atoms with Crippen molar-refractivity contribution in [3.63, 3.8) is 0 Å². The zero-order chi connectivity index (χ0) is 25.2. The van der Waals surface area contributed by atoms with Crippen molar-refractivity contribution in [1.29, 1.82) is 0 Å². The fraction of sp³-hybridized carbons (Fsp3) is 0.304. The van der Waals surface area contributed by atoms with Gasteiger partial charge in [0.2, 0.25) is 12.2 Å². The third kappa shape index (κ3) is 4.87. The summed E-state index contributed by atoms with van der Waals surface area (Å²) in [7, 11) is 0. The highest BCUT2D eigenvalue weighted by Crippen LogP contribution is 2.52. The predicted octanol–water partition coefficient (Wildman–Crippen LogP) is 4.82. The van der Waals surface area contributed by atoms with Crippen LogP contribution in [0.2, 0.25) is 0 Å². The molecule has 1 aliphatic rings. The zero-order valence-electron chi connectivity index (χ0n) is 18.7. The number of imidazole rings is 1. The molecule has 0 aliphatic heterocycles. The molecule has 1 saturated carbocycles. The van der Waals surface area contributed by atoms with E-state index in [-0.39, 0.29) is 11.7 Å². The molecule has 12 heteroatoms. The number of halogens is 4. The van der Waals surface area contributed by atoms with Gasteiger partial charge in [-0.3, -0.25) is 4.79 Å². The summed E-state index contributed by atoms with van der Waals surface area (Å²) >= 11 is 0. The van der Waals surface area contributed by atoms with Crippen LogP contribution in [0.15, 0.2) is 53.3 Å². The SMILES string of the molecule is Cc1ccc(-c2noc(COC3CC(F)(F)C3(F)F)n2)cc1NC=O.Cc1cnc2ccccn12. The van der Waals surface area contributed by atoms with Crippen LogP contribution in [0.5, 0.6) is 0 Å². The number of aryl methyl sites for hydroxylation is 2. The Labute approximate surface area is 196 Å². The number of benzene rings is 1. The molecule has 184 valence electrons. The van der Waals surface area contributed by atoms with E-state index in [0.29, 0.717) is 17.7 Å². The smallest absolute Gasteiger partial charge is 0.335 e. The minimum atomic E-state index is -4.21. The van der Waals surface area contributed by atoms with Crippen molar-refractivity contribution in [2.75, 3.05) is 5.32 Å². The summed E-state index contributed by atoms with van der Waals surface area (Å²) in [5.74, 6) is -8.23. The number of fused-ring (bicyclic) bond motifs is 1. The lowest BCUT2D eigenvalue weighted by atomic mass is 9.85. The highest BCUT2D eigenvalue weighted by Gasteiger charge is 2.72. The predicted molar refractivity (Wildman–Crippen MR) is 117 cm³/mol. The number of nitrogens with one attached hydrogen (secondary N) is 1. The van der Waals surface area contributed by atoms with Crippen LogP contribution in [0.4, 0.5) is 23.2 Å². The molecular weight excluding hydrogens is 470 g/mol. The quantitative estimate of drug-likeness (QED) is 0.307. The Balaban J connectivity index is 0.000000239. The molecule has 1 unspecified atom stereocenters. The van der Waals surface area contributed by atoms with E-state index in [0.717, 1.165) is 11.2 Å². The van der Waals surface area contributed by atoms with Crippen molar-refractivity contribution in [2.24, 2.45) is 0 Å². The van der Waals surface area contributed by atoms with E-state index in [1.54, 1.807) is 25.1 Å². The monoisotopic (exact) mass is 491 g/mol. The van der Waals surface area contributed by atoms with E-state index >= 15 is 0 Å². The van der Waals surface area contributed by atoms with Crippen LogP contribution in [0, 0.1) is 13.8 Å². The molecule has 1 aliphatic carbocycles. The number of pyridine rings is 1. The molecule has 1 amide bonds. The Hall–Kier alpha value is -3.80. The van der Waals surface area contributed by atoms with Crippen molar-refractivity contribution >= 4 is 17.7 Å². The highest BCUT2D eigenvalue weighted by molar-refractivity contribution is 5.76. The summed E-state index contributed by atoms with van der Waals surface area (Å²) in [6, 6.07) is 11.0. The third-order valence-electron chi connectivity index (χ3n) is 5.52. The van der Waals surface area contributed by atoms with Crippen LogP contribution in [-0.4, -0.2) is 43.9 Å². The van der Waals surface area contributed by atoms with Crippen LogP contribution in [0.1, 0.15) is 23.6 Å². The van der Waals surface area contributed by atoms with Crippen LogP contribution >= 0.6 is 0 Å². The Morgan fingerprint density at radius 2 is 2.03 bits per heavy atom. The summed E-state index contributed by atoms with van der Waals surface area (Å²) in [6.07, 6.45) is 1.46. The van der Waals surface area contributed by atoms with Gasteiger partial charge in [0.25, 0.3) is 5.89 Å². The number of alkyl halides is 4. The fourth-order valence-electron chi connectivity index (χ4n) is 3.41. The third-order valence-corrected chi connectivity index (χ3v) is 5.52. The lowest BCUT2D eigenvalue weighted by Crippen LogP contribution is -2.63. The van der Waals surface area contributed by atoms with Crippen molar-refractivity contribution in [3.05, 3.63) is 65.9 Å². The van der Waals surface area contributed by atoms with Gasteiger partial charge in [-0.05, 0) is 37.6 Å². The minimum Gasteiger partial charge on any atom is -0.362 e.